The molecule has 0 fully saturated rings. The van der Waals surface area contributed by atoms with Crippen LogP contribution in [-0.4, -0.2) is 27.0 Å². The number of nitrogens with zero attached hydrogens (tertiary/aromatic N) is 5. The largest absolute Gasteiger partial charge is 0.457 e. The monoisotopic (exact) mass is 823 g/mol. The molecule has 0 spiro atoms. The Morgan fingerprint density at radius 2 is 1.11 bits per heavy atom. The zero-order valence-electron chi connectivity index (χ0n) is 34.0. The third kappa shape index (κ3) is 5.17. The lowest BCUT2D eigenvalue weighted by atomic mass is 10.1. The first-order valence-corrected chi connectivity index (χ1v) is 23.3. The summed E-state index contributed by atoms with van der Waals surface area (Å²) in [5, 5.41) is 10.9. The predicted molar refractivity (Wildman–Crippen MR) is 261 cm³/mol. The number of anilines is 3. The molecule has 4 aromatic heterocycles. The van der Waals surface area contributed by atoms with E-state index in [0.717, 1.165) is 67.3 Å². The molecule has 0 saturated heterocycles. The Bertz CT molecular complexity index is 3690. The number of rotatable bonds is 6. The summed E-state index contributed by atoms with van der Waals surface area (Å²) in [6, 6.07) is 74.3. The maximum absolute atomic E-state index is 6.85. The molecule has 0 bridgehead atoms. The topological polar surface area (TPSA) is 47.6 Å². The number of hydrogen-bond donors (Lipinski definition) is 0. The van der Waals surface area contributed by atoms with Crippen LogP contribution in [0.2, 0.25) is 0 Å². The van der Waals surface area contributed by atoms with Gasteiger partial charge in [-0.3, -0.25) is 9.30 Å². The van der Waals surface area contributed by atoms with Gasteiger partial charge in [-0.2, -0.15) is 0 Å². The van der Waals surface area contributed by atoms with Gasteiger partial charge in [-0.15, -0.1) is 0 Å². The zero-order valence-corrected chi connectivity index (χ0v) is 35.0. The van der Waals surface area contributed by atoms with Crippen molar-refractivity contribution in [3.8, 4) is 17.2 Å². The summed E-state index contributed by atoms with van der Waals surface area (Å²) in [6.45, 7) is 0. The molecule has 6 nitrogen and oxygen atoms in total. The number of para-hydroxylation sites is 3. The average Bonchev–Trinajstić information content (AvgIpc) is 3.99. The molecule has 0 saturated carbocycles. The van der Waals surface area contributed by atoms with Crippen LogP contribution in [-0.2, 0) is 0 Å². The molecule has 13 rings (SSSR count). The maximum atomic E-state index is 6.85. The molecule has 12 aromatic rings. The van der Waals surface area contributed by atoms with Gasteiger partial charge in [0.2, 0.25) is 0 Å². The third-order valence-corrected chi connectivity index (χ3v) is 17.7. The van der Waals surface area contributed by atoms with E-state index in [-0.39, 0.29) is 0 Å². The summed E-state index contributed by atoms with van der Waals surface area (Å²) >= 11 is 0. The fourth-order valence-electron chi connectivity index (χ4n) is 10.4. The Kier molecular flexibility index (Phi) is 7.82. The molecule has 0 aliphatic carbocycles. The molecule has 5 heterocycles. The van der Waals surface area contributed by atoms with Crippen molar-refractivity contribution in [2.24, 2.45) is 0 Å². The minimum Gasteiger partial charge on any atom is -0.457 e. The Labute approximate surface area is 364 Å². The van der Waals surface area contributed by atoms with Gasteiger partial charge in [0, 0.05) is 51.9 Å². The Morgan fingerprint density at radius 3 is 1.90 bits per heavy atom. The summed E-state index contributed by atoms with van der Waals surface area (Å²) < 4.78 is 11.4. The lowest BCUT2D eigenvalue weighted by Crippen LogP contribution is -2.77. The van der Waals surface area contributed by atoms with Crippen LogP contribution in [0.25, 0.3) is 54.8 Å². The Hall–Kier alpha value is -8.26. The first kappa shape index (κ1) is 35.5. The zero-order chi connectivity index (χ0) is 41.5. The first-order chi connectivity index (χ1) is 31.3. The van der Waals surface area contributed by atoms with E-state index >= 15 is 0 Å². The smallest absolute Gasteiger partial charge is 0.186 e. The Morgan fingerprint density at radius 1 is 0.429 bits per heavy atom. The van der Waals surface area contributed by atoms with Crippen molar-refractivity contribution in [3.05, 3.63) is 225 Å². The van der Waals surface area contributed by atoms with E-state index in [1.165, 1.54) is 36.9 Å². The van der Waals surface area contributed by atoms with Gasteiger partial charge in [-0.05, 0) is 92.9 Å². The molecule has 1 aliphatic rings. The normalized spacial score (nSPS) is 13.2. The van der Waals surface area contributed by atoms with E-state index < -0.39 is 8.07 Å². The minimum absolute atomic E-state index is 0.727. The number of ether oxygens (including phenoxy) is 1. The third-order valence-electron chi connectivity index (χ3n) is 12.9. The molecule has 0 amide bonds. The molecule has 7 heteroatoms. The number of imidazole rings is 1. The van der Waals surface area contributed by atoms with E-state index in [0.29, 0.717) is 0 Å². The van der Waals surface area contributed by atoms with Crippen LogP contribution in [0.5, 0.6) is 11.5 Å². The second kappa shape index (κ2) is 13.9. The number of fused-ring (bicyclic) bond motifs is 12. The van der Waals surface area contributed by atoms with Crippen LogP contribution in [0, 0.1) is 0 Å². The van der Waals surface area contributed by atoms with Crippen LogP contribution >= 0.6 is 0 Å². The van der Waals surface area contributed by atoms with E-state index in [9.17, 15) is 0 Å². The van der Waals surface area contributed by atoms with Gasteiger partial charge in [0.05, 0.1) is 27.9 Å². The van der Waals surface area contributed by atoms with Gasteiger partial charge in [-0.1, -0.05) is 133 Å². The lowest BCUT2D eigenvalue weighted by molar-refractivity contribution is 0.483. The standard InChI is InChI=1S/C56H37N5OSi/c1-4-16-38(17-5-1)60-49-27-13-11-25-46(49)53-50(60)31-32-51-54(53)61(56-52(28-15-33-57-56)63(51,42-20-6-2-7-21-42)43-22-8-3-9-23-43)39-18-14-19-40(36-39)62-41-29-30-44-45-24-10-12-26-48(45)59-35-34-58-55(59)47(44)37-41/h1-37H. The van der Waals surface area contributed by atoms with E-state index in [4.69, 9.17) is 14.7 Å². The summed E-state index contributed by atoms with van der Waals surface area (Å²) in [6.07, 6.45) is 5.83. The van der Waals surface area contributed by atoms with Crippen molar-refractivity contribution in [1.82, 2.24) is 18.9 Å². The van der Waals surface area contributed by atoms with Crippen LogP contribution in [0.1, 0.15) is 0 Å². The van der Waals surface area contributed by atoms with Gasteiger partial charge in [0.25, 0.3) is 0 Å². The van der Waals surface area contributed by atoms with Crippen molar-refractivity contribution in [2.45, 2.75) is 0 Å². The number of benzene rings is 8. The summed E-state index contributed by atoms with van der Waals surface area (Å²) in [4.78, 5) is 12.6. The number of aromatic nitrogens is 4. The van der Waals surface area contributed by atoms with Gasteiger partial charge in [0.15, 0.2) is 8.07 Å². The second-order valence-electron chi connectivity index (χ2n) is 16.2. The van der Waals surface area contributed by atoms with E-state index in [1.807, 2.05) is 24.7 Å². The van der Waals surface area contributed by atoms with Gasteiger partial charge >= 0.3 is 0 Å². The van der Waals surface area contributed by atoms with Gasteiger partial charge in [-0.25, -0.2) is 9.97 Å². The maximum Gasteiger partial charge on any atom is 0.186 e. The van der Waals surface area contributed by atoms with Crippen molar-refractivity contribution in [1.29, 1.82) is 0 Å². The molecular weight excluding hydrogens is 787 g/mol. The highest BCUT2D eigenvalue weighted by molar-refractivity contribution is 7.21. The molecule has 0 atom stereocenters. The van der Waals surface area contributed by atoms with Crippen LogP contribution in [0.4, 0.5) is 17.2 Å². The van der Waals surface area contributed by atoms with Gasteiger partial charge in [0.1, 0.15) is 23.0 Å². The van der Waals surface area contributed by atoms with Crippen molar-refractivity contribution < 1.29 is 4.74 Å². The van der Waals surface area contributed by atoms with Crippen molar-refractivity contribution in [3.63, 3.8) is 0 Å². The summed E-state index contributed by atoms with van der Waals surface area (Å²) in [5.74, 6) is 2.39. The molecule has 8 aromatic carbocycles. The molecule has 63 heavy (non-hydrogen) atoms. The average molecular weight is 824 g/mol. The summed E-state index contributed by atoms with van der Waals surface area (Å²) in [7, 11) is -3.02. The van der Waals surface area contributed by atoms with E-state index in [2.05, 4.69) is 214 Å². The quantitative estimate of drug-likeness (QED) is 0.124. The van der Waals surface area contributed by atoms with Crippen molar-refractivity contribution in [2.75, 3.05) is 4.90 Å². The van der Waals surface area contributed by atoms with Gasteiger partial charge < -0.3 is 9.30 Å². The lowest BCUT2D eigenvalue weighted by Gasteiger charge is -2.44. The molecular formula is C56H37N5OSi. The first-order valence-electron chi connectivity index (χ1n) is 21.3. The van der Waals surface area contributed by atoms with Crippen LogP contribution in [0.3, 0.4) is 0 Å². The highest BCUT2D eigenvalue weighted by atomic mass is 28.3. The summed E-state index contributed by atoms with van der Waals surface area (Å²) in [5.41, 5.74) is 7.53. The van der Waals surface area contributed by atoms with Crippen LogP contribution in [0.15, 0.2) is 225 Å². The second-order valence-corrected chi connectivity index (χ2v) is 19.9. The number of hydrogen-bond acceptors (Lipinski definition) is 4. The molecule has 0 radical (unpaired) electrons. The molecule has 1 aliphatic heterocycles. The van der Waals surface area contributed by atoms with Crippen molar-refractivity contribution >= 4 is 95.1 Å². The minimum atomic E-state index is -3.02. The fraction of sp³-hybridized carbons (Fsp3) is 0. The highest BCUT2D eigenvalue weighted by Crippen LogP contribution is 2.46. The highest BCUT2D eigenvalue weighted by Gasteiger charge is 2.50. The molecule has 296 valence electrons. The molecule has 0 unspecified atom stereocenters. The fourth-order valence-corrected chi connectivity index (χ4v) is 15.4. The van der Waals surface area contributed by atoms with E-state index in [1.54, 1.807) is 0 Å². The Balaban J connectivity index is 1.08. The SMILES string of the molecule is c1ccc(-n2c3ccccc3c3c4c(ccc32)[Si](c2ccccc2)(c2ccccc2)c2cccnc2N4c2cccc(Oc3ccc4c5ccccc5n5ccnc5c4c3)c2)cc1. The molecule has 0 N–H and O–H groups in total. The predicted octanol–water partition coefficient (Wildman–Crippen LogP) is 11.1. The number of pyridine rings is 2. The van der Waals surface area contributed by atoms with Crippen LogP contribution < -0.4 is 30.4 Å².